The summed E-state index contributed by atoms with van der Waals surface area (Å²) in [6.07, 6.45) is 8.08. The van der Waals surface area contributed by atoms with E-state index in [2.05, 4.69) is 28.6 Å². The number of nitrogens with zero attached hydrogens (tertiary/aromatic N) is 4. The zero-order chi connectivity index (χ0) is 19.2. The number of thioether (sulfide) groups is 1. The molecule has 7 heteroatoms. The molecule has 1 amide bonds. The van der Waals surface area contributed by atoms with Crippen LogP contribution in [0.15, 0.2) is 28.0 Å². The van der Waals surface area contributed by atoms with Crippen LogP contribution in [0.25, 0.3) is 11.6 Å². The number of carbonyl (C=O) groups excluding carboxylic acids is 1. The van der Waals surface area contributed by atoms with Crippen LogP contribution in [0.5, 0.6) is 0 Å². The second-order valence-electron chi connectivity index (χ2n) is 7.85. The molecule has 2 aromatic heterocycles. The van der Waals surface area contributed by atoms with Gasteiger partial charge in [0.15, 0.2) is 16.7 Å². The lowest BCUT2D eigenvalue weighted by molar-refractivity contribution is -0.127. The lowest BCUT2D eigenvalue weighted by atomic mass is 9.89. The van der Waals surface area contributed by atoms with E-state index in [1.807, 2.05) is 24.1 Å². The van der Waals surface area contributed by atoms with E-state index in [4.69, 9.17) is 4.42 Å². The van der Waals surface area contributed by atoms with Crippen molar-refractivity contribution in [1.82, 2.24) is 19.7 Å². The van der Waals surface area contributed by atoms with E-state index in [-0.39, 0.29) is 5.91 Å². The van der Waals surface area contributed by atoms with Gasteiger partial charge in [0.25, 0.3) is 0 Å². The van der Waals surface area contributed by atoms with Crippen LogP contribution in [-0.2, 0) is 11.3 Å². The van der Waals surface area contributed by atoms with E-state index in [0.29, 0.717) is 23.3 Å². The third kappa shape index (κ3) is 5.37. The Kier molecular flexibility index (Phi) is 6.99. The lowest BCUT2D eigenvalue weighted by Crippen LogP contribution is -2.33. The lowest BCUT2D eigenvalue weighted by Gasteiger charge is -2.27. The molecule has 148 valence electrons. The molecule has 0 bridgehead atoms. The van der Waals surface area contributed by atoms with Crippen molar-refractivity contribution in [3.05, 3.63) is 18.4 Å². The summed E-state index contributed by atoms with van der Waals surface area (Å²) in [7, 11) is 1.92. The minimum atomic E-state index is 0.157. The largest absolute Gasteiger partial charge is 0.461 e. The van der Waals surface area contributed by atoms with E-state index >= 15 is 0 Å². The van der Waals surface area contributed by atoms with Gasteiger partial charge >= 0.3 is 0 Å². The topological polar surface area (TPSA) is 64.2 Å². The smallest absolute Gasteiger partial charge is 0.232 e. The number of hydrogen-bond acceptors (Lipinski definition) is 5. The highest BCUT2D eigenvalue weighted by atomic mass is 32.2. The SMILES string of the molecule is CC(C)Cn1c(SCC(=O)N(C)CC2CCCCC2)nnc1-c1ccco1. The van der Waals surface area contributed by atoms with Gasteiger partial charge in [0.2, 0.25) is 5.91 Å². The summed E-state index contributed by atoms with van der Waals surface area (Å²) in [5, 5.41) is 9.39. The molecule has 0 N–H and O–H groups in total. The quantitative estimate of drug-likeness (QED) is 0.628. The van der Waals surface area contributed by atoms with Gasteiger partial charge in [0, 0.05) is 20.1 Å². The van der Waals surface area contributed by atoms with Crippen molar-refractivity contribution in [2.75, 3.05) is 19.3 Å². The Morgan fingerprint density at radius 1 is 1.33 bits per heavy atom. The number of aromatic nitrogens is 3. The molecule has 2 heterocycles. The Morgan fingerprint density at radius 2 is 2.11 bits per heavy atom. The third-order valence-electron chi connectivity index (χ3n) is 5.01. The summed E-state index contributed by atoms with van der Waals surface area (Å²) in [6.45, 7) is 5.97. The fourth-order valence-corrected chi connectivity index (χ4v) is 4.50. The van der Waals surface area contributed by atoms with Crippen LogP contribution in [0.1, 0.15) is 46.0 Å². The molecule has 2 aromatic rings. The van der Waals surface area contributed by atoms with Gasteiger partial charge in [-0.05, 0) is 36.8 Å². The van der Waals surface area contributed by atoms with Gasteiger partial charge in [-0.15, -0.1) is 10.2 Å². The average Bonchev–Trinajstić information content (AvgIpc) is 3.30. The molecule has 0 radical (unpaired) electrons. The first kappa shape index (κ1) is 20.0. The number of furan rings is 1. The Labute approximate surface area is 165 Å². The zero-order valence-corrected chi connectivity index (χ0v) is 17.4. The van der Waals surface area contributed by atoms with Crippen molar-refractivity contribution >= 4 is 17.7 Å². The third-order valence-corrected chi connectivity index (χ3v) is 5.96. The molecule has 0 aromatic carbocycles. The maximum Gasteiger partial charge on any atom is 0.232 e. The van der Waals surface area contributed by atoms with Crippen LogP contribution in [0.3, 0.4) is 0 Å². The van der Waals surface area contributed by atoms with Gasteiger partial charge in [-0.25, -0.2) is 0 Å². The van der Waals surface area contributed by atoms with E-state index in [1.54, 1.807) is 6.26 Å². The number of amides is 1. The molecular weight excluding hydrogens is 360 g/mol. The normalized spacial score (nSPS) is 15.4. The molecule has 3 rings (SSSR count). The number of hydrogen-bond donors (Lipinski definition) is 0. The second-order valence-corrected chi connectivity index (χ2v) is 8.80. The summed E-state index contributed by atoms with van der Waals surface area (Å²) < 4.78 is 7.55. The van der Waals surface area contributed by atoms with E-state index < -0.39 is 0 Å². The molecule has 1 saturated carbocycles. The van der Waals surface area contributed by atoms with Gasteiger partial charge in [0.05, 0.1) is 12.0 Å². The highest BCUT2D eigenvalue weighted by Gasteiger charge is 2.21. The van der Waals surface area contributed by atoms with Crippen molar-refractivity contribution in [3.8, 4) is 11.6 Å². The number of carbonyl (C=O) groups is 1. The Balaban J connectivity index is 1.62. The van der Waals surface area contributed by atoms with Crippen LogP contribution in [-0.4, -0.2) is 44.9 Å². The predicted octanol–water partition coefficient (Wildman–Crippen LogP) is 4.32. The van der Waals surface area contributed by atoms with Crippen molar-refractivity contribution in [1.29, 1.82) is 0 Å². The highest BCUT2D eigenvalue weighted by Crippen LogP contribution is 2.27. The van der Waals surface area contributed by atoms with E-state index in [1.165, 1.54) is 43.9 Å². The summed E-state index contributed by atoms with van der Waals surface area (Å²) in [4.78, 5) is 14.5. The minimum absolute atomic E-state index is 0.157. The van der Waals surface area contributed by atoms with Gasteiger partial charge in [0.1, 0.15) is 0 Å². The fourth-order valence-electron chi connectivity index (χ4n) is 3.61. The number of rotatable bonds is 8. The summed E-state index contributed by atoms with van der Waals surface area (Å²) in [5.74, 6) is 3.07. The van der Waals surface area contributed by atoms with E-state index in [0.717, 1.165) is 24.1 Å². The molecule has 0 saturated heterocycles. The molecule has 0 atom stereocenters. The minimum Gasteiger partial charge on any atom is -0.461 e. The Morgan fingerprint density at radius 3 is 2.78 bits per heavy atom. The second kappa shape index (κ2) is 9.44. The van der Waals surface area contributed by atoms with Gasteiger partial charge in [-0.3, -0.25) is 9.36 Å². The first-order chi connectivity index (χ1) is 13.0. The maximum atomic E-state index is 12.6. The molecule has 0 unspecified atom stereocenters. The summed E-state index contributed by atoms with van der Waals surface area (Å²) in [6, 6.07) is 3.73. The molecule has 6 nitrogen and oxygen atoms in total. The van der Waals surface area contributed by atoms with Crippen LogP contribution < -0.4 is 0 Å². The van der Waals surface area contributed by atoms with Crippen molar-refractivity contribution in [2.45, 2.75) is 57.7 Å². The monoisotopic (exact) mass is 390 g/mol. The molecule has 0 aliphatic heterocycles. The highest BCUT2D eigenvalue weighted by molar-refractivity contribution is 7.99. The van der Waals surface area contributed by atoms with Gasteiger partial charge in [-0.1, -0.05) is 44.9 Å². The molecular formula is C20H30N4O2S. The molecule has 0 spiro atoms. The van der Waals surface area contributed by atoms with Crippen LogP contribution in [0, 0.1) is 11.8 Å². The molecule has 1 aliphatic rings. The standard InChI is InChI=1S/C20H30N4O2S/c1-15(2)12-24-19(17-10-7-11-26-17)21-22-20(24)27-14-18(25)23(3)13-16-8-5-4-6-9-16/h7,10-11,15-16H,4-6,8-9,12-14H2,1-3H3. The maximum absolute atomic E-state index is 12.6. The zero-order valence-electron chi connectivity index (χ0n) is 16.6. The summed E-state index contributed by atoms with van der Waals surface area (Å²) >= 11 is 1.46. The van der Waals surface area contributed by atoms with E-state index in [9.17, 15) is 4.79 Å². The van der Waals surface area contributed by atoms with Gasteiger partial charge < -0.3 is 9.32 Å². The predicted molar refractivity (Wildman–Crippen MR) is 107 cm³/mol. The van der Waals surface area contributed by atoms with Crippen LogP contribution in [0.2, 0.25) is 0 Å². The Bertz CT molecular complexity index is 720. The fraction of sp³-hybridized carbons (Fsp3) is 0.650. The molecule has 1 aliphatic carbocycles. The van der Waals surface area contributed by atoms with Crippen LogP contribution in [0.4, 0.5) is 0 Å². The average molecular weight is 391 g/mol. The molecule has 27 heavy (non-hydrogen) atoms. The summed E-state index contributed by atoms with van der Waals surface area (Å²) in [5.41, 5.74) is 0. The molecule has 1 fully saturated rings. The first-order valence-corrected chi connectivity index (χ1v) is 10.9. The van der Waals surface area contributed by atoms with Crippen molar-refractivity contribution < 1.29 is 9.21 Å². The first-order valence-electron chi connectivity index (χ1n) is 9.88. The Hall–Kier alpha value is -1.76. The van der Waals surface area contributed by atoms with Crippen LogP contribution >= 0.6 is 11.8 Å². The van der Waals surface area contributed by atoms with Crippen molar-refractivity contribution in [2.24, 2.45) is 11.8 Å². The van der Waals surface area contributed by atoms with Crippen molar-refractivity contribution in [3.63, 3.8) is 0 Å². The van der Waals surface area contributed by atoms with Gasteiger partial charge in [-0.2, -0.15) is 0 Å².